The van der Waals surface area contributed by atoms with Gasteiger partial charge in [0.2, 0.25) is 0 Å². The first-order valence-electron chi connectivity index (χ1n) is 7.41. The van der Waals surface area contributed by atoms with Crippen LogP contribution in [0, 0.1) is 0 Å². The summed E-state index contributed by atoms with van der Waals surface area (Å²) >= 11 is 0. The van der Waals surface area contributed by atoms with Crippen molar-refractivity contribution in [2.24, 2.45) is 0 Å². The molecule has 1 N–H and O–H groups in total. The molecular formula is C14H27N3O2S. The van der Waals surface area contributed by atoms with Gasteiger partial charge in [0.15, 0.2) is 9.84 Å². The lowest BCUT2D eigenvalue weighted by atomic mass is 10.1. The normalized spacial score (nSPS) is 12.0. The molecule has 0 unspecified atom stereocenters. The van der Waals surface area contributed by atoms with Crippen LogP contribution in [0.25, 0.3) is 0 Å². The molecular weight excluding hydrogens is 274 g/mol. The van der Waals surface area contributed by atoms with Gasteiger partial charge in [-0.1, -0.05) is 20.8 Å². The lowest BCUT2D eigenvalue weighted by molar-refractivity contribution is 0.571. The van der Waals surface area contributed by atoms with Crippen molar-refractivity contribution >= 4 is 9.84 Å². The maximum atomic E-state index is 11.8. The minimum absolute atomic E-state index is 0.178. The van der Waals surface area contributed by atoms with Gasteiger partial charge in [0, 0.05) is 23.6 Å². The number of rotatable bonds is 9. The van der Waals surface area contributed by atoms with Gasteiger partial charge in [-0.2, -0.15) is 5.10 Å². The number of nitrogens with zero attached hydrogens (tertiary/aromatic N) is 2. The van der Waals surface area contributed by atoms with Crippen molar-refractivity contribution in [3.05, 3.63) is 17.0 Å². The maximum absolute atomic E-state index is 11.8. The van der Waals surface area contributed by atoms with Gasteiger partial charge in [-0.05, 0) is 26.3 Å². The van der Waals surface area contributed by atoms with E-state index in [-0.39, 0.29) is 11.5 Å². The van der Waals surface area contributed by atoms with Crippen LogP contribution in [0.3, 0.4) is 0 Å². The average Bonchev–Trinajstić information content (AvgIpc) is 2.74. The summed E-state index contributed by atoms with van der Waals surface area (Å²) in [5.41, 5.74) is 3.46. The number of nitrogens with one attached hydrogen (secondary N) is 1. The summed E-state index contributed by atoms with van der Waals surface area (Å²) in [7, 11) is -1.04. The van der Waals surface area contributed by atoms with Crippen LogP contribution in [0.2, 0.25) is 0 Å². The van der Waals surface area contributed by atoms with E-state index in [0.717, 1.165) is 30.8 Å². The van der Waals surface area contributed by atoms with Crippen LogP contribution >= 0.6 is 0 Å². The molecule has 0 aromatic carbocycles. The second-order valence-electron chi connectivity index (χ2n) is 4.98. The first-order valence-corrected chi connectivity index (χ1v) is 9.23. The van der Waals surface area contributed by atoms with E-state index < -0.39 is 9.84 Å². The van der Waals surface area contributed by atoms with Crippen molar-refractivity contribution in [3.8, 4) is 0 Å². The van der Waals surface area contributed by atoms with Gasteiger partial charge in [0.25, 0.3) is 0 Å². The fourth-order valence-electron chi connectivity index (χ4n) is 2.47. The number of aryl methyl sites for hydroxylation is 2. The molecule has 0 amide bonds. The molecule has 116 valence electrons. The van der Waals surface area contributed by atoms with E-state index in [1.165, 1.54) is 5.56 Å². The Kier molecular flexibility index (Phi) is 6.68. The molecule has 0 saturated heterocycles. The lowest BCUT2D eigenvalue weighted by Gasteiger charge is -2.08. The first-order chi connectivity index (χ1) is 9.49. The summed E-state index contributed by atoms with van der Waals surface area (Å²) in [6.45, 7) is 7.31. The van der Waals surface area contributed by atoms with Gasteiger partial charge in [0.1, 0.15) is 0 Å². The highest BCUT2D eigenvalue weighted by Crippen LogP contribution is 2.16. The molecule has 5 nitrogen and oxygen atoms in total. The molecule has 0 aliphatic rings. The van der Waals surface area contributed by atoms with E-state index in [4.69, 9.17) is 0 Å². The highest BCUT2D eigenvalue weighted by Gasteiger charge is 2.17. The Balaban J connectivity index is 2.95. The molecule has 0 radical (unpaired) electrons. The van der Waals surface area contributed by atoms with E-state index in [1.807, 2.05) is 18.7 Å². The third-order valence-corrected chi connectivity index (χ3v) is 5.24. The Morgan fingerprint density at radius 1 is 1.15 bits per heavy atom. The predicted octanol–water partition coefficient (Wildman–Crippen LogP) is 1.55. The quantitative estimate of drug-likeness (QED) is 0.751. The van der Waals surface area contributed by atoms with Crippen LogP contribution < -0.4 is 5.32 Å². The van der Waals surface area contributed by atoms with Crippen LogP contribution in [0.4, 0.5) is 0 Å². The lowest BCUT2D eigenvalue weighted by Crippen LogP contribution is -2.18. The number of hydrogen-bond acceptors (Lipinski definition) is 4. The van der Waals surface area contributed by atoms with Crippen molar-refractivity contribution in [1.82, 2.24) is 15.1 Å². The summed E-state index contributed by atoms with van der Waals surface area (Å²) in [6, 6.07) is 0. The first kappa shape index (κ1) is 17.2. The fourth-order valence-corrected chi connectivity index (χ4v) is 3.75. The Morgan fingerprint density at radius 3 is 2.35 bits per heavy atom. The van der Waals surface area contributed by atoms with Gasteiger partial charge >= 0.3 is 0 Å². The van der Waals surface area contributed by atoms with Crippen LogP contribution in [-0.4, -0.2) is 36.8 Å². The van der Waals surface area contributed by atoms with Crippen LogP contribution in [-0.2, 0) is 35.8 Å². The summed E-state index contributed by atoms with van der Waals surface area (Å²) in [4.78, 5) is 0. The van der Waals surface area contributed by atoms with Crippen molar-refractivity contribution in [2.45, 2.75) is 53.1 Å². The smallest absolute Gasteiger partial charge is 0.152 e. The number of hydrogen-bond donors (Lipinski definition) is 1. The van der Waals surface area contributed by atoms with E-state index in [0.29, 0.717) is 13.0 Å². The SMILES string of the molecule is CCCS(=O)(=O)CCn1nc(CC)c(CNC)c1CC. The van der Waals surface area contributed by atoms with Gasteiger partial charge in [-0.15, -0.1) is 0 Å². The average molecular weight is 301 g/mol. The summed E-state index contributed by atoms with van der Waals surface area (Å²) < 4.78 is 25.6. The molecule has 1 aromatic rings. The van der Waals surface area contributed by atoms with Gasteiger partial charge < -0.3 is 5.32 Å². The molecule has 0 fully saturated rings. The number of aromatic nitrogens is 2. The van der Waals surface area contributed by atoms with E-state index >= 15 is 0 Å². The van der Waals surface area contributed by atoms with E-state index in [2.05, 4.69) is 24.3 Å². The molecule has 0 saturated carbocycles. The Morgan fingerprint density at radius 2 is 1.85 bits per heavy atom. The van der Waals surface area contributed by atoms with Crippen molar-refractivity contribution in [2.75, 3.05) is 18.6 Å². The molecule has 20 heavy (non-hydrogen) atoms. The fraction of sp³-hybridized carbons (Fsp3) is 0.786. The molecule has 1 rings (SSSR count). The second kappa shape index (κ2) is 7.78. The second-order valence-corrected chi connectivity index (χ2v) is 7.29. The summed E-state index contributed by atoms with van der Waals surface area (Å²) in [6.07, 6.45) is 2.42. The molecule has 0 aliphatic heterocycles. The minimum Gasteiger partial charge on any atom is -0.316 e. The Hall–Kier alpha value is -0.880. The zero-order valence-corrected chi connectivity index (χ0v) is 13.9. The van der Waals surface area contributed by atoms with E-state index in [9.17, 15) is 8.42 Å². The standard InChI is InChI=1S/C14H27N3O2S/c1-5-9-20(18,19)10-8-17-14(7-3)12(11-15-4)13(6-2)16-17/h15H,5-11H2,1-4H3. The molecule has 0 spiro atoms. The topological polar surface area (TPSA) is 64.0 Å². The molecule has 6 heteroatoms. The van der Waals surface area contributed by atoms with Crippen LogP contribution in [0.15, 0.2) is 0 Å². The van der Waals surface area contributed by atoms with Crippen LogP contribution in [0.5, 0.6) is 0 Å². The Labute approximate surface area is 122 Å². The van der Waals surface area contributed by atoms with Gasteiger partial charge in [0.05, 0.1) is 18.0 Å². The van der Waals surface area contributed by atoms with Crippen LogP contribution in [0.1, 0.15) is 44.1 Å². The molecule has 0 bridgehead atoms. The maximum Gasteiger partial charge on any atom is 0.152 e. The zero-order valence-electron chi connectivity index (χ0n) is 13.1. The Bertz CT molecular complexity index is 521. The van der Waals surface area contributed by atoms with Gasteiger partial charge in [-0.25, -0.2) is 8.42 Å². The highest BCUT2D eigenvalue weighted by atomic mass is 32.2. The third-order valence-electron chi connectivity index (χ3n) is 3.40. The van der Waals surface area contributed by atoms with Crippen molar-refractivity contribution in [3.63, 3.8) is 0 Å². The summed E-state index contributed by atoms with van der Waals surface area (Å²) in [5.74, 6) is 0.442. The van der Waals surface area contributed by atoms with Crippen molar-refractivity contribution in [1.29, 1.82) is 0 Å². The van der Waals surface area contributed by atoms with E-state index in [1.54, 1.807) is 0 Å². The zero-order chi connectivity index (χ0) is 15.2. The van der Waals surface area contributed by atoms with Gasteiger partial charge in [-0.3, -0.25) is 4.68 Å². The molecule has 1 heterocycles. The third kappa shape index (κ3) is 4.31. The summed E-state index contributed by atoms with van der Waals surface area (Å²) in [5, 5.41) is 7.76. The monoisotopic (exact) mass is 301 g/mol. The van der Waals surface area contributed by atoms with Crippen molar-refractivity contribution < 1.29 is 8.42 Å². The molecule has 0 atom stereocenters. The highest BCUT2D eigenvalue weighted by molar-refractivity contribution is 7.91. The minimum atomic E-state index is -2.95. The predicted molar refractivity (Wildman–Crippen MR) is 82.7 cm³/mol. The largest absolute Gasteiger partial charge is 0.316 e. The molecule has 1 aromatic heterocycles. The number of sulfone groups is 1. The molecule has 0 aliphatic carbocycles.